The molecule has 2 aromatic carbocycles. The predicted molar refractivity (Wildman–Crippen MR) is 97.6 cm³/mol. The zero-order valence-corrected chi connectivity index (χ0v) is 15.0. The number of nitrogens with one attached hydrogen (secondary N) is 2. The Morgan fingerprint density at radius 2 is 1.62 bits per heavy atom. The van der Waals surface area contributed by atoms with E-state index in [0.29, 0.717) is 22.2 Å². The summed E-state index contributed by atoms with van der Waals surface area (Å²) in [4.78, 5) is 12.2. The van der Waals surface area contributed by atoms with E-state index in [-0.39, 0.29) is 12.5 Å². The summed E-state index contributed by atoms with van der Waals surface area (Å²) in [6, 6.07) is 9.25. The molecule has 24 heavy (non-hydrogen) atoms. The van der Waals surface area contributed by atoms with E-state index in [2.05, 4.69) is 16.7 Å². The van der Waals surface area contributed by atoms with Crippen LogP contribution in [0, 0.1) is 13.8 Å². The Hall–Kier alpha value is -2.40. The van der Waals surface area contributed by atoms with Gasteiger partial charge in [-0.2, -0.15) is 0 Å². The molecule has 5 nitrogen and oxygen atoms in total. The van der Waals surface area contributed by atoms with Gasteiger partial charge in [0.2, 0.25) is 5.91 Å². The summed E-state index contributed by atoms with van der Waals surface area (Å²) in [6.45, 7) is 4.08. The molecule has 0 radical (unpaired) electrons. The Labute approximate surface area is 146 Å². The van der Waals surface area contributed by atoms with Gasteiger partial charge in [0.05, 0.1) is 31.5 Å². The van der Waals surface area contributed by atoms with Gasteiger partial charge in [-0.25, -0.2) is 0 Å². The lowest BCUT2D eigenvalue weighted by Gasteiger charge is -2.14. The highest BCUT2D eigenvalue weighted by atomic mass is 35.5. The lowest BCUT2D eigenvalue weighted by Crippen LogP contribution is -2.22. The minimum absolute atomic E-state index is 0.0914. The highest BCUT2D eigenvalue weighted by Crippen LogP contribution is 2.35. The van der Waals surface area contributed by atoms with Gasteiger partial charge in [0.15, 0.2) is 0 Å². The van der Waals surface area contributed by atoms with Crippen LogP contribution in [0.5, 0.6) is 11.5 Å². The lowest BCUT2D eigenvalue weighted by atomic mass is 10.1. The largest absolute Gasteiger partial charge is 0.495 e. The summed E-state index contributed by atoms with van der Waals surface area (Å²) in [5.41, 5.74) is 3.61. The van der Waals surface area contributed by atoms with E-state index in [9.17, 15) is 4.79 Å². The van der Waals surface area contributed by atoms with Gasteiger partial charge in [-0.05, 0) is 37.1 Å². The molecule has 0 saturated carbocycles. The van der Waals surface area contributed by atoms with Crippen molar-refractivity contribution in [2.24, 2.45) is 0 Å². The number of hydrogen-bond acceptors (Lipinski definition) is 4. The third kappa shape index (κ3) is 4.55. The molecule has 2 aromatic rings. The molecule has 0 saturated heterocycles. The van der Waals surface area contributed by atoms with Gasteiger partial charge >= 0.3 is 0 Å². The maximum atomic E-state index is 12.2. The number of hydrogen-bond donors (Lipinski definition) is 2. The first-order valence-electron chi connectivity index (χ1n) is 7.46. The van der Waals surface area contributed by atoms with Crippen molar-refractivity contribution in [1.29, 1.82) is 0 Å². The van der Waals surface area contributed by atoms with Gasteiger partial charge in [0.25, 0.3) is 0 Å². The molecule has 0 aliphatic carbocycles. The van der Waals surface area contributed by atoms with Gasteiger partial charge in [-0.1, -0.05) is 17.7 Å². The smallest absolute Gasteiger partial charge is 0.243 e. The van der Waals surface area contributed by atoms with E-state index in [4.69, 9.17) is 21.1 Å². The Balaban J connectivity index is 2.06. The Morgan fingerprint density at radius 1 is 1.00 bits per heavy atom. The lowest BCUT2D eigenvalue weighted by molar-refractivity contribution is -0.114. The highest BCUT2D eigenvalue weighted by molar-refractivity contribution is 6.32. The van der Waals surface area contributed by atoms with E-state index >= 15 is 0 Å². The van der Waals surface area contributed by atoms with Crippen molar-refractivity contribution >= 4 is 28.9 Å². The van der Waals surface area contributed by atoms with Crippen LogP contribution in [-0.2, 0) is 4.79 Å². The molecule has 6 heteroatoms. The number of carbonyl (C=O) groups excluding carboxylic acids is 1. The maximum Gasteiger partial charge on any atom is 0.243 e. The maximum absolute atomic E-state index is 12.2. The molecule has 0 unspecified atom stereocenters. The first kappa shape index (κ1) is 17.9. The van der Waals surface area contributed by atoms with E-state index in [0.717, 1.165) is 16.8 Å². The summed E-state index contributed by atoms with van der Waals surface area (Å²) < 4.78 is 10.5. The predicted octanol–water partition coefficient (Wildman–Crippen LogP) is 4.02. The number of carbonyl (C=O) groups is 1. The van der Waals surface area contributed by atoms with Crippen molar-refractivity contribution in [3.63, 3.8) is 0 Å². The second kappa shape index (κ2) is 7.93. The number of amides is 1. The molecule has 0 spiro atoms. The van der Waals surface area contributed by atoms with Gasteiger partial charge in [-0.3, -0.25) is 4.79 Å². The van der Waals surface area contributed by atoms with Crippen LogP contribution in [-0.4, -0.2) is 26.7 Å². The van der Waals surface area contributed by atoms with Gasteiger partial charge in [-0.15, -0.1) is 0 Å². The van der Waals surface area contributed by atoms with Crippen LogP contribution in [0.2, 0.25) is 5.02 Å². The van der Waals surface area contributed by atoms with Crippen LogP contribution in [0.1, 0.15) is 11.1 Å². The number of methoxy groups -OCH3 is 2. The fraction of sp³-hybridized carbons (Fsp3) is 0.278. The Bertz CT molecular complexity index is 727. The fourth-order valence-corrected chi connectivity index (χ4v) is 2.66. The van der Waals surface area contributed by atoms with Gasteiger partial charge < -0.3 is 20.1 Å². The van der Waals surface area contributed by atoms with Crippen molar-refractivity contribution in [3.8, 4) is 11.5 Å². The summed E-state index contributed by atoms with van der Waals surface area (Å²) in [6.07, 6.45) is 0. The summed E-state index contributed by atoms with van der Waals surface area (Å²) >= 11 is 6.07. The zero-order chi connectivity index (χ0) is 17.7. The molecule has 0 aromatic heterocycles. The molecule has 0 atom stereocenters. The molecule has 0 aliphatic heterocycles. The number of benzene rings is 2. The Morgan fingerprint density at radius 3 is 2.21 bits per heavy atom. The number of ether oxygens (including phenoxy) is 2. The number of aryl methyl sites for hydroxylation is 2. The van der Waals surface area contributed by atoms with Crippen LogP contribution >= 0.6 is 11.6 Å². The van der Waals surface area contributed by atoms with E-state index < -0.39 is 0 Å². The van der Waals surface area contributed by atoms with Crippen LogP contribution in [0.4, 0.5) is 11.4 Å². The second-order valence-corrected chi connectivity index (χ2v) is 5.87. The number of rotatable bonds is 6. The fourth-order valence-electron chi connectivity index (χ4n) is 2.43. The highest BCUT2D eigenvalue weighted by Gasteiger charge is 2.11. The van der Waals surface area contributed by atoms with Crippen molar-refractivity contribution in [1.82, 2.24) is 0 Å². The monoisotopic (exact) mass is 348 g/mol. The molecule has 128 valence electrons. The molecular formula is C18H21ClN2O3. The molecule has 2 rings (SSSR count). The molecule has 0 bridgehead atoms. The van der Waals surface area contributed by atoms with Gasteiger partial charge in [0.1, 0.15) is 11.5 Å². The summed E-state index contributed by atoms with van der Waals surface area (Å²) in [5, 5.41) is 6.36. The molecule has 2 N–H and O–H groups in total. The molecule has 0 heterocycles. The molecule has 1 amide bonds. The minimum Gasteiger partial charge on any atom is -0.495 e. The standard InChI is InChI=1S/C18H21ClN2O3/c1-11-5-12(2)7-13(6-11)21-18(22)10-20-15-9-16(23-3)14(19)8-17(15)24-4/h5-9,20H,10H2,1-4H3,(H,21,22). The third-order valence-corrected chi connectivity index (χ3v) is 3.71. The molecular weight excluding hydrogens is 328 g/mol. The number of anilines is 2. The van der Waals surface area contributed by atoms with Crippen molar-refractivity contribution < 1.29 is 14.3 Å². The van der Waals surface area contributed by atoms with Crippen LogP contribution < -0.4 is 20.1 Å². The SMILES string of the molecule is COc1cc(NCC(=O)Nc2cc(C)cc(C)c2)c(OC)cc1Cl. The topological polar surface area (TPSA) is 59.6 Å². The minimum atomic E-state index is -0.157. The van der Waals surface area contributed by atoms with E-state index in [1.165, 1.54) is 7.11 Å². The first-order chi connectivity index (χ1) is 11.4. The molecule has 0 fully saturated rings. The average molecular weight is 349 g/mol. The normalized spacial score (nSPS) is 10.2. The first-order valence-corrected chi connectivity index (χ1v) is 7.84. The zero-order valence-electron chi connectivity index (χ0n) is 14.2. The van der Waals surface area contributed by atoms with Crippen LogP contribution in [0.15, 0.2) is 30.3 Å². The number of halogens is 1. The van der Waals surface area contributed by atoms with Crippen LogP contribution in [0.3, 0.4) is 0 Å². The van der Waals surface area contributed by atoms with Crippen molar-refractivity contribution in [3.05, 3.63) is 46.5 Å². The van der Waals surface area contributed by atoms with Gasteiger partial charge in [0, 0.05) is 17.8 Å². The Kier molecular flexibility index (Phi) is 5.93. The average Bonchev–Trinajstić information content (AvgIpc) is 2.52. The van der Waals surface area contributed by atoms with E-state index in [1.54, 1.807) is 19.2 Å². The summed E-state index contributed by atoms with van der Waals surface area (Å²) in [7, 11) is 3.07. The van der Waals surface area contributed by atoms with Crippen LogP contribution in [0.25, 0.3) is 0 Å². The summed E-state index contributed by atoms with van der Waals surface area (Å²) in [5.74, 6) is 0.894. The quantitative estimate of drug-likeness (QED) is 0.827. The second-order valence-electron chi connectivity index (χ2n) is 5.47. The van der Waals surface area contributed by atoms with Crippen molar-refractivity contribution in [2.75, 3.05) is 31.4 Å². The molecule has 0 aliphatic rings. The van der Waals surface area contributed by atoms with Crippen molar-refractivity contribution in [2.45, 2.75) is 13.8 Å². The third-order valence-electron chi connectivity index (χ3n) is 3.42. The van der Waals surface area contributed by atoms with E-state index in [1.807, 2.05) is 26.0 Å².